The third kappa shape index (κ3) is 3.91. The van der Waals surface area contributed by atoms with E-state index >= 15 is 0 Å². The Morgan fingerprint density at radius 3 is 2.50 bits per heavy atom. The second kappa shape index (κ2) is 8.26. The van der Waals surface area contributed by atoms with Crippen LogP contribution in [0.3, 0.4) is 0 Å². The van der Waals surface area contributed by atoms with Crippen LogP contribution in [-0.4, -0.2) is 52.3 Å². The molecule has 144 valence electrons. The van der Waals surface area contributed by atoms with Crippen LogP contribution in [0.4, 0.5) is 4.79 Å². The molecule has 1 aromatic carbocycles. The maximum absolute atomic E-state index is 12.9. The maximum atomic E-state index is 12.9. The molecule has 0 spiro atoms. The van der Waals surface area contributed by atoms with Crippen LogP contribution in [0.15, 0.2) is 47.3 Å². The van der Waals surface area contributed by atoms with Crippen molar-refractivity contribution in [1.29, 1.82) is 0 Å². The highest BCUT2D eigenvalue weighted by Crippen LogP contribution is 2.24. The first-order valence-corrected chi connectivity index (χ1v) is 9.64. The molecular formula is C20H20N4O3S. The summed E-state index contributed by atoms with van der Waals surface area (Å²) in [5.41, 5.74) is 0.224. The van der Waals surface area contributed by atoms with Crippen molar-refractivity contribution >= 4 is 33.4 Å². The van der Waals surface area contributed by atoms with Gasteiger partial charge in [-0.15, -0.1) is 11.3 Å². The molecule has 0 unspecified atom stereocenters. The maximum Gasteiger partial charge on any atom is 0.326 e. The van der Waals surface area contributed by atoms with Gasteiger partial charge < -0.3 is 4.90 Å². The Bertz CT molecular complexity index is 1090. The molecule has 8 heteroatoms. The van der Waals surface area contributed by atoms with E-state index in [0.29, 0.717) is 29.1 Å². The minimum absolute atomic E-state index is 0.135. The lowest BCUT2D eigenvalue weighted by Crippen LogP contribution is -2.43. The van der Waals surface area contributed by atoms with Crippen molar-refractivity contribution in [1.82, 2.24) is 19.8 Å². The molecule has 3 amide bonds. The lowest BCUT2D eigenvalue weighted by atomic mass is 10.2. The van der Waals surface area contributed by atoms with Crippen molar-refractivity contribution < 1.29 is 9.59 Å². The fourth-order valence-electron chi connectivity index (χ4n) is 2.68. The summed E-state index contributed by atoms with van der Waals surface area (Å²) in [7, 11) is 3.19. The molecule has 3 aromatic rings. The van der Waals surface area contributed by atoms with Gasteiger partial charge in [-0.3, -0.25) is 14.5 Å². The number of pyridine rings is 1. The highest BCUT2D eigenvalue weighted by molar-refractivity contribution is 7.21. The number of nitrogens with zero attached hydrogens (tertiary/aromatic N) is 4. The SMILES string of the molecule is CCCN(C(=O)c1cccc(-c2nc(=O)c3ccccc3s2)n1)C(=O)N(C)C. The van der Waals surface area contributed by atoms with E-state index < -0.39 is 11.9 Å². The van der Waals surface area contributed by atoms with Crippen LogP contribution in [0.2, 0.25) is 0 Å². The van der Waals surface area contributed by atoms with Crippen molar-refractivity contribution in [2.75, 3.05) is 20.6 Å². The Hall–Kier alpha value is -3.13. The number of imide groups is 1. The molecule has 0 bridgehead atoms. The van der Waals surface area contributed by atoms with Crippen molar-refractivity contribution in [3.63, 3.8) is 0 Å². The van der Waals surface area contributed by atoms with Crippen molar-refractivity contribution in [2.45, 2.75) is 13.3 Å². The van der Waals surface area contributed by atoms with Gasteiger partial charge in [0.05, 0.1) is 11.1 Å². The normalized spacial score (nSPS) is 10.7. The van der Waals surface area contributed by atoms with E-state index in [0.717, 1.165) is 4.70 Å². The molecule has 0 fully saturated rings. The van der Waals surface area contributed by atoms with Gasteiger partial charge in [0.2, 0.25) is 0 Å². The number of hydrogen-bond acceptors (Lipinski definition) is 6. The highest BCUT2D eigenvalue weighted by atomic mass is 32.1. The standard InChI is InChI=1S/C20H20N4O3S/c1-4-12-24(20(27)23(2)3)19(26)15-10-7-9-14(21-15)18-22-17(25)13-8-5-6-11-16(13)28-18/h5-11H,4,12H2,1-3H3. The smallest absolute Gasteiger partial charge is 0.326 e. The summed E-state index contributed by atoms with van der Waals surface area (Å²) < 4.78 is 0.798. The number of benzene rings is 1. The average Bonchev–Trinajstić information content (AvgIpc) is 2.71. The molecule has 0 atom stereocenters. The molecule has 0 saturated carbocycles. The zero-order chi connectivity index (χ0) is 20.3. The van der Waals surface area contributed by atoms with Crippen molar-refractivity contribution in [2.24, 2.45) is 0 Å². The molecule has 0 aliphatic carbocycles. The van der Waals surface area contributed by atoms with Crippen molar-refractivity contribution in [3.8, 4) is 10.7 Å². The molecule has 0 radical (unpaired) electrons. The first kappa shape index (κ1) is 19.6. The monoisotopic (exact) mass is 396 g/mol. The van der Waals surface area contributed by atoms with Crippen LogP contribution in [0.25, 0.3) is 20.8 Å². The Kier molecular flexibility index (Phi) is 5.79. The van der Waals surface area contributed by atoms with Gasteiger partial charge in [-0.2, -0.15) is 4.98 Å². The number of rotatable bonds is 4. The lowest BCUT2D eigenvalue weighted by Gasteiger charge is -2.23. The largest absolute Gasteiger partial charge is 0.330 e. The Morgan fingerprint density at radius 1 is 1.04 bits per heavy atom. The third-order valence-corrected chi connectivity index (χ3v) is 5.09. The summed E-state index contributed by atoms with van der Waals surface area (Å²) >= 11 is 1.33. The molecule has 7 nitrogen and oxygen atoms in total. The first-order valence-electron chi connectivity index (χ1n) is 8.82. The van der Waals surface area contributed by atoms with Crippen LogP contribution in [0.5, 0.6) is 0 Å². The van der Waals surface area contributed by atoms with E-state index in [4.69, 9.17) is 0 Å². The molecule has 28 heavy (non-hydrogen) atoms. The number of fused-ring (bicyclic) bond motifs is 1. The molecular weight excluding hydrogens is 376 g/mol. The summed E-state index contributed by atoms with van der Waals surface area (Å²) in [4.78, 5) is 48.5. The van der Waals surface area contributed by atoms with Crippen molar-refractivity contribution in [3.05, 3.63) is 58.5 Å². The predicted molar refractivity (Wildman–Crippen MR) is 110 cm³/mol. The lowest BCUT2D eigenvalue weighted by molar-refractivity contribution is 0.0770. The summed E-state index contributed by atoms with van der Waals surface area (Å²) in [6, 6.07) is 11.8. The number of carbonyl (C=O) groups is 2. The fourth-order valence-corrected chi connectivity index (χ4v) is 3.65. The van der Waals surface area contributed by atoms with E-state index in [1.54, 1.807) is 44.4 Å². The number of amides is 3. The molecule has 2 aromatic heterocycles. The van der Waals surface area contributed by atoms with Gasteiger partial charge in [0.25, 0.3) is 11.5 Å². The van der Waals surface area contributed by atoms with Crippen LogP contribution in [0, 0.1) is 0 Å². The molecule has 3 rings (SSSR count). The van der Waals surface area contributed by atoms with E-state index in [2.05, 4.69) is 9.97 Å². The summed E-state index contributed by atoms with van der Waals surface area (Å²) in [5, 5.41) is 0.980. The number of carbonyl (C=O) groups excluding carboxylic acids is 2. The predicted octanol–water partition coefficient (Wildman–Crippen LogP) is 3.25. The van der Waals surface area contributed by atoms with E-state index in [1.807, 2.05) is 19.1 Å². The Balaban J connectivity index is 2.01. The van der Waals surface area contributed by atoms with Gasteiger partial charge in [0.15, 0.2) is 0 Å². The molecule has 2 heterocycles. The molecule has 0 N–H and O–H groups in total. The third-order valence-electron chi connectivity index (χ3n) is 4.02. The van der Waals surface area contributed by atoms with E-state index in [9.17, 15) is 14.4 Å². The topological polar surface area (TPSA) is 83.5 Å². The first-order chi connectivity index (χ1) is 13.4. The van der Waals surface area contributed by atoms with Crippen LogP contribution < -0.4 is 5.56 Å². The second-order valence-electron chi connectivity index (χ2n) is 6.36. The summed E-state index contributed by atoms with van der Waals surface area (Å²) in [6.45, 7) is 2.19. The molecule has 0 aliphatic rings. The van der Waals surface area contributed by atoms with Gasteiger partial charge in [-0.05, 0) is 30.7 Å². The second-order valence-corrected chi connectivity index (χ2v) is 7.39. The van der Waals surface area contributed by atoms with Crippen LogP contribution in [-0.2, 0) is 0 Å². The van der Waals surface area contributed by atoms with Gasteiger partial charge in [0.1, 0.15) is 10.7 Å². The highest BCUT2D eigenvalue weighted by Gasteiger charge is 2.25. The van der Waals surface area contributed by atoms with Gasteiger partial charge >= 0.3 is 6.03 Å². The summed E-state index contributed by atoms with van der Waals surface area (Å²) in [6.07, 6.45) is 0.638. The number of aromatic nitrogens is 2. The zero-order valence-corrected chi connectivity index (χ0v) is 16.7. The average molecular weight is 396 g/mol. The van der Waals surface area contributed by atoms with Crippen LogP contribution >= 0.6 is 11.3 Å². The minimum atomic E-state index is -0.476. The molecule has 0 saturated heterocycles. The number of hydrogen-bond donors (Lipinski definition) is 0. The van der Waals surface area contributed by atoms with Gasteiger partial charge in [0, 0.05) is 25.3 Å². The fraction of sp³-hybridized carbons (Fsp3) is 0.250. The zero-order valence-electron chi connectivity index (χ0n) is 15.9. The quantitative estimate of drug-likeness (QED) is 0.676. The van der Waals surface area contributed by atoms with Gasteiger partial charge in [-0.25, -0.2) is 9.78 Å². The number of urea groups is 1. The van der Waals surface area contributed by atoms with E-state index in [-0.39, 0.29) is 11.3 Å². The molecule has 0 aliphatic heterocycles. The minimum Gasteiger partial charge on any atom is -0.330 e. The Morgan fingerprint density at radius 2 is 1.79 bits per heavy atom. The Labute approximate surface area is 166 Å². The van der Waals surface area contributed by atoms with E-state index in [1.165, 1.54) is 21.1 Å². The van der Waals surface area contributed by atoms with Crippen LogP contribution in [0.1, 0.15) is 23.8 Å². The summed E-state index contributed by atoms with van der Waals surface area (Å²) in [5.74, 6) is -0.476. The van der Waals surface area contributed by atoms with Gasteiger partial charge in [-0.1, -0.05) is 25.1 Å².